The summed E-state index contributed by atoms with van der Waals surface area (Å²) in [6.45, 7) is 0. The number of carbonyl (C=O) groups excluding carboxylic acids is 4. The third kappa shape index (κ3) is 10.3. The van der Waals surface area contributed by atoms with Gasteiger partial charge in [-0.25, -0.2) is 0 Å². The average molecular weight is 816 g/mol. The fourth-order valence-electron chi connectivity index (χ4n) is 5.08. The van der Waals surface area contributed by atoms with Gasteiger partial charge < -0.3 is 39.6 Å². The molecule has 54 heavy (non-hydrogen) atoms. The molecular weight excluding hydrogens is 792 g/mol. The molecule has 14 heteroatoms. The minimum atomic E-state index is -1.19. The van der Waals surface area contributed by atoms with Gasteiger partial charge in [0.05, 0.1) is 45.9 Å². The fraction of sp³-hybridized carbons (Fsp3) is 0. The van der Waals surface area contributed by atoms with Gasteiger partial charge >= 0.3 is 34.1 Å². The second-order valence-electron chi connectivity index (χ2n) is 10.7. The first-order valence-electron chi connectivity index (χ1n) is 15.4. The number of benzene rings is 4. The Morgan fingerprint density at radius 1 is 0.315 bits per heavy atom. The summed E-state index contributed by atoms with van der Waals surface area (Å²) < 4.78 is 0. The molecule has 0 unspecified atom stereocenters. The van der Waals surface area contributed by atoms with Crippen molar-refractivity contribution in [2.45, 2.75) is 0 Å². The van der Waals surface area contributed by atoms with Crippen molar-refractivity contribution in [2.24, 2.45) is 0 Å². The van der Waals surface area contributed by atoms with E-state index in [2.05, 4.69) is 19.9 Å². The van der Waals surface area contributed by atoms with Gasteiger partial charge in [-0.3, -0.25) is 19.9 Å². The maximum absolute atomic E-state index is 10.7. The number of nitrogens with zero attached hydrogens (tertiary/aromatic N) is 4. The molecule has 0 aliphatic heterocycles. The zero-order valence-electron chi connectivity index (χ0n) is 27.5. The molecule has 2 radical (unpaired) electrons. The van der Waals surface area contributed by atoms with Gasteiger partial charge in [0.2, 0.25) is 0 Å². The van der Waals surface area contributed by atoms with Crippen molar-refractivity contribution in [1.82, 2.24) is 19.9 Å². The normalized spacial score (nSPS) is 9.78. The molecule has 0 bridgehead atoms. The van der Waals surface area contributed by atoms with Crippen molar-refractivity contribution in [2.75, 3.05) is 0 Å². The summed E-state index contributed by atoms with van der Waals surface area (Å²) in [5.41, 5.74) is 2.46. The van der Waals surface area contributed by atoms with Crippen molar-refractivity contribution in [3.8, 4) is 0 Å². The number of carboxylic acids is 4. The predicted octanol–water partition coefficient (Wildman–Crippen LogP) is 2.39. The summed E-state index contributed by atoms with van der Waals surface area (Å²) in [7, 11) is 0. The van der Waals surface area contributed by atoms with Crippen LogP contribution in [0.5, 0.6) is 0 Å². The Hall–Kier alpha value is -6.56. The molecule has 4 aromatic carbocycles. The molecule has 4 heterocycles. The van der Waals surface area contributed by atoms with Gasteiger partial charge in [-0.15, -0.1) is 0 Å². The van der Waals surface area contributed by atoms with E-state index in [9.17, 15) is 39.6 Å². The smallest absolute Gasteiger partial charge is 0.545 e. The van der Waals surface area contributed by atoms with Crippen LogP contribution in [0.25, 0.3) is 43.6 Å². The Bertz CT molecular complexity index is 2210. The number of aromatic nitrogens is 4. The second-order valence-corrected chi connectivity index (χ2v) is 10.7. The molecule has 12 nitrogen and oxygen atoms in total. The number of hydrogen-bond acceptors (Lipinski definition) is 12. The van der Waals surface area contributed by atoms with Crippen molar-refractivity contribution in [1.29, 1.82) is 0 Å². The molecule has 4 aromatic heterocycles. The first-order chi connectivity index (χ1) is 25.2. The minimum absolute atomic E-state index is 0. The van der Waals surface area contributed by atoms with Crippen LogP contribution in [0, 0.1) is 0 Å². The van der Waals surface area contributed by atoms with Crippen LogP contribution in [0.4, 0.5) is 0 Å². The summed E-state index contributed by atoms with van der Waals surface area (Å²) in [6, 6.07) is 34.2. The molecule has 0 aliphatic rings. The molecule has 8 aromatic rings. The van der Waals surface area contributed by atoms with Crippen molar-refractivity contribution >= 4 is 67.5 Å². The summed E-state index contributed by atoms with van der Waals surface area (Å²) in [5, 5.41) is 45.9. The largest absolute Gasteiger partial charge is 2.00 e. The molecular formula is C40H24Cu2N4O8. The van der Waals surface area contributed by atoms with E-state index < -0.39 is 23.9 Å². The summed E-state index contributed by atoms with van der Waals surface area (Å²) in [6.07, 6.45) is 6.26. The van der Waals surface area contributed by atoms with Crippen LogP contribution in [0.1, 0.15) is 41.4 Å². The quantitative estimate of drug-likeness (QED) is 0.235. The van der Waals surface area contributed by atoms with Crippen LogP contribution in [-0.2, 0) is 34.1 Å². The van der Waals surface area contributed by atoms with Gasteiger partial charge in [-0.2, -0.15) is 0 Å². The first kappa shape index (κ1) is 41.9. The van der Waals surface area contributed by atoms with Crippen LogP contribution in [0.15, 0.2) is 146 Å². The maximum Gasteiger partial charge on any atom is 2.00 e. The van der Waals surface area contributed by atoms with Crippen LogP contribution in [-0.4, -0.2) is 43.8 Å². The van der Waals surface area contributed by atoms with Crippen molar-refractivity contribution in [3.05, 3.63) is 168 Å². The number of pyridine rings is 4. The topological polar surface area (TPSA) is 212 Å². The molecule has 0 amide bonds. The molecule has 0 aliphatic carbocycles. The van der Waals surface area contributed by atoms with E-state index in [1.807, 2.05) is 48.5 Å². The van der Waals surface area contributed by atoms with Crippen LogP contribution in [0.3, 0.4) is 0 Å². The number of hydrogen-bond donors (Lipinski definition) is 0. The molecule has 8 rings (SSSR count). The van der Waals surface area contributed by atoms with Crippen LogP contribution in [0.2, 0.25) is 0 Å². The van der Waals surface area contributed by atoms with Gasteiger partial charge in [0.15, 0.2) is 0 Å². The number of para-hydroxylation sites is 4. The SMILES string of the molecule is O=C([O-])c1cccc2cccnc12.O=C([O-])c1cccc2cccnc12.O=C([O-])c1cccc2cccnc12.O=C([O-])c1cccc2cccnc12.[Cu+2].[Cu+2]. The maximum atomic E-state index is 10.7. The Morgan fingerprint density at radius 2 is 0.500 bits per heavy atom. The fourth-order valence-corrected chi connectivity index (χ4v) is 5.08. The van der Waals surface area contributed by atoms with Crippen molar-refractivity contribution < 1.29 is 73.7 Å². The summed E-state index contributed by atoms with van der Waals surface area (Å²) in [4.78, 5) is 58.6. The average Bonchev–Trinajstić information content (AvgIpc) is 3.17. The second kappa shape index (κ2) is 19.9. The Kier molecular flexibility index (Phi) is 15.4. The van der Waals surface area contributed by atoms with Gasteiger partial charge in [-0.1, -0.05) is 97.1 Å². The standard InChI is InChI=1S/4C10H7NO2.2Cu/c4*12-10(13)8-5-1-3-7-4-2-6-11-9(7)8;;/h4*1-6H,(H,12,13);;/q;;;;2*+2/p-4. The molecule has 0 saturated carbocycles. The van der Waals surface area contributed by atoms with Gasteiger partial charge in [0, 0.05) is 68.6 Å². The monoisotopic (exact) mass is 814 g/mol. The minimum Gasteiger partial charge on any atom is -0.545 e. The molecule has 0 spiro atoms. The van der Waals surface area contributed by atoms with E-state index in [0.717, 1.165) is 21.5 Å². The van der Waals surface area contributed by atoms with Gasteiger partial charge in [-0.05, 0) is 24.3 Å². The summed E-state index contributed by atoms with van der Waals surface area (Å²) in [5.74, 6) is -4.76. The van der Waals surface area contributed by atoms with Gasteiger partial charge in [0.1, 0.15) is 0 Å². The van der Waals surface area contributed by atoms with Crippen molar-refractivity contribution in [3.63, 3.8) is 0 Å². The number of carboxylic acid groups (broad SMARTS) is 4. The van der Waals surface area contributed by atoms with Crippen LogP contribution >= 0.6 is 0 Å². The number of fused-ring (bicyclic) bond motifs is 4. The van der Waals surface area contributed by atoms with E-state index in [-0.39, 0.29) is 56.4 Å². The molecule has 0 fully saturated rings. The number of carbonyl (C=O) groups is 4. The zero-order chi connectivity index (χ0) is 37.0. The number of aromatic carboxylic acids is 4. The van der Waals surface area contributed by atoms with E-state index in [1.54, 1.807) is 73.3 Å². The van der Waals surface area contributed by atoms with Crippen LogP contribution < -0.4 is 20.4 Å². The zero-order valence-corrected chi connectivity index (χ0v) is 29.4. The molecule has 274 valence electrons. The molecule has 0 atom stereocenters. The van der Waals surface area contributed by atoms with Gasteiger partial charge in [0.25, 0.3) is 0 Å². The third-order valence-corrected chi connectivity index (χ3v) is 7.41. The Labute approximate surface area is 328 Å². The Balaban J connectivity index is 0.000000191. The van der Waals surface area contributed by atoms with E-state index in [1.165, 1.54) is 24.3 Å². The Morgan fingerprint density at radius 3 is 0.685 bits per heavy atom. The van der Waals surface area contributed by atoms with E-state index in [4.69, 9.17) is 0 Å². The van der Waals surface area contributed by atoms with E-state index >= 15 is 0 Å². The van der Waals surface area contributed by atoms with E-state index in [0.29, 0.717) is 22.1 Å². The molecule has 0 N–H and O–H groups in total. The number of rotatable bonds is 4. The third-order valence-electron chi connectivity index (χ3n) is 7.41. The first-order valence-corrected chi connectivity index (χ1v) is 15.4. The predicted molar refractivity (Wildman–Crippen MR) is 184 cm³/mol. The summed E-state index contributed by atoms with van der Waals surface area (Å²) >= 11 is 0. The molecule has 0 saturated heterocycles.